The maximum Gasteiger partial charge on any atom is 0.252 e. The molecule has 0 aliphatic carbocycles. The summed E-state index contributed by atoms with van der Waals surface area (Å²) in [5, 5.41) is 1.77. The maximum absolute atomic E-state index is 12.4. The van der Waals surface area contributed by atoms with Gasteiger partial charge in [0.1, 0.15) is 10.3 Å². The zero-order chi connectivity index (χ0) is 14.9. The summed E-state index contributed by atoms with van der Waals surface area (Å²) in [5.74, 6) is 0.498. The number of hydrogen-bond acceptors (Lipinski definition) is 5. The minimum atomic E-state index is -3.39. The molecule has 3 rings (SSSR count). The predicted molar refractivity (Wildman–Crippen MR) is 84.0 cm³/mol. The van der Waals surface area contributed by atoms with Gasteiger partial charge in [-0.05, 0) is 45.9 Å². The summed E-state index contributed by atoms with van der Waals surface area (Å²) in [6.07, 6.45) is 2.13. The second-order valence-corrected chi connectivity index (χ2v) is 8.58. The highest BCUT2D eigenvalue weighted by Gasteiger charge is 2.34. The Morgan fingerprint density at radius 2 is 2.24 bits per heavy atom. The summed E-state index contributed by atoms with van der Waals surface area (Å²) in [7, 11) is -3.39. The van der Waals surface area contributed by atoms with E-state index in [0.29, 0.717) is 29.6 Å². The largest absolute Gasteiger partial charge is 0.472 e. The third-order valence-corrected chi connectivity index (χ3v) is 7.04. The van der Waals surface area contributed by atoms with Gasteiger partial charge in [0.15, 0.2) is 0 Å². The average Bonchev–Trinajstić information content (AvgIpc) is 3.12. The molecule has 3 heterocycles. The third kappa shape index (κ3) is 3.13. The van der Waals surface area contributed by atoms with E-state index in [4.69, 9.17) is 4.74 Å². The maximum atomic E-state index is 12.4. The number of pyridine rings is 1. The molecule has 1 fully saturated rings. The highest BCUT2D eigenvalue weighted by atomic mass is 79.9. The number of thiophene rings is 1. The Hall–Kier alpha value is -0.960. The molecule has 1 atom stereocenters. The van der Waals surface area contributed by atoms with Crippen LogP contribution in [0.5, 0.6) is 5.88 Å². The topological polar surface area (TPSA) is 59.5 Å². The van der Waals surface area contributed by atoms with Gasteiger partial charge in [0.25, 0.3) is 10.0 Å². The van der Waals surface area contributed by atoms with E-state index in [1.54, 1.807) is 29.8 Å². The van der Waals surface area contributed by atoms with Crippen molar-refractivity contribution >= 4 is 37.3 Å². The molecule has 0 bridgehead atoms. The Kier molecular flexibility index (Phi) is 4.30. The highest BCUT2D eigenvalue weighted by Crippen LogP contribution is 2.28. The van der Waals surface area contributed by atoms with E-state index >= 15 is 0 Å². The molecule has 0 aromatic carbocycles. The summed E-state index contributed by atoms with van der Waals surface area (Å²) in [5.41, 5.74) is 0. The third-order valence-electron chi connectivity index (χ3n) is 3.20. The number of halogens is 1. The molecule has 0 saturated carbocycles. The number of nitrogens with zero attached hydrogens (tertiary/aromatic N) is 2. The zero-order valence-corrected chi connectivity index (χ0v) is 14.2. The van der Waals surface area contributed by atoms with Crippen molar-refractivity contribution < 1.29 is 13.2 Å². The van der Waals surface area contributed by atoms with Crippen molar-refractivity contribution in [2.24, 2.45) is 0 Å². The molecule has 2 aromatic rings. The van der Waals surface area contributed by atoms with E-state index in [9.17, 15) is 8.42 Å². The lowest BCUT2D eigenvalue weighted by Gasteiger charge is -2.16. The van der Waals surface area contributed by atoms with Crippen LogP contribution in [0.3, 0.4) is 0 Å². The number of sulfonamides is 1. The molecule has 1 saturated heterocycles. The second kappa shape index (κ2) is 6.04. The van der Waals surface area contributed by atoms with Gasteiger partial charge in [0.05, 0.1) is 11.0 Å². The Morgan fingerprint density at radius 1 is 1.38 bits per heavy atom. The van der Waals surface area contributed by atoms with Crippen molar-refractivity contribution in [2.45, 2.75) is 16.7 Å². The van der Waals surface area contributed by atoms with E-state index in [-0.39, 0.29) is 6.10 Å². The Labute approximate surface area is 135 Å². The van der Waals surface area contributed by atoms with E-state index in [1.165, 1.54) is 15.6 Å². The summed E-state index contributed by atoms with van der Waals surface area (Å²) in [6, 6.07) is 7.02. The van der Waals surface area contributed by atoms with Gasteiger partial charge >= 0.3 is 0 Å². The van der Waals surface area contributed by atoms with Crippen molar-refractivity contribution in [2.75, 3.05) is 13.1 Å². The van der Waals surface area contributed by atoms with E-state index in [1.807, 2.05) is 6.07 Å². The number of hydrogen-bond donors (Lipinski definition) is 0. The average molecular weight is 389 g/mol. The van der Waals surface area contributed by atoms with Crippen molar-refractivity contribution in [1.82, 2.24) is 9.29 Å². The molecule has 8 heteroatoms. The molecule has 21 heavy (non-hydrogen) atoms. The van der Waals surface area contributed by atoms with Crippen LogP contribution >= 0.6 is 27.3 Å². The van der Waals surface area contributed by atoms with E-state index in [0.717, 1.165) is 4.47 Å². The van der Waals surface area contributed by atoms with Gasteiger partial charge in [-0.2, -0.15) is 4.31 Å². The van der Waals surface area contributed by atoms with Gasteiger partial charge in [0, 0.05) is 12.7 Å². The van der Waals surface area contributed by atoms with Crippen molar-refractivity contribution in [3.8, 4) is 5.88 Å². The van der Waals surface area contributed by atoms with Crippen LogP contribution in [0, 0.1) is 0 Å². The molecule has 1 unspecified atom stereocenters. The first-order valence-electron chi connectivity index (χ1n) is 6.38. The van der Waals surface area contributed by atoms with Crippen LogP contribution in [-0.2, 0) is 10.0 Å². The second-order valence-electron chi connectivity index (χ2n) is 4.61. The normalized spacial score (nSPS) is 19.8. The van der Waals surface area contributed by atoms with Gasteiger partial charge in [-0.1, -0.05) is 6.07 Å². The lowest BCUT2D eigenvalue weighted by atomic mass is 10.3. The Balaban J connectivity index is 1.70. The van der Waals surface area contributed by atoms with Crippen molar-refractivity contribution in [3.05, 3.63) is 40.3 Å². The van der Waals surface area contributed by atoms with Crippen molar-refractivity contribution in [1.29, 1.82) is 0 Å². The van der Waals surface area contributed by atoms with E-state index < -0.39 is 10.0 Å². The van der Waals surface area contributed by atoms with Crippen LogP contribution in [0.2, 0.25) is 0 Å². The van der Waals surface area contributed by atoms with Crippen molar-refractivity contribution in [3.63, 3.8) is 0 Å². The van der Waals surface area contributed by atoms with Gasteiger partial charge in [-0.15, -0.1) is 11.3 Å². The lowest BCUT2D eigenvalue weighted by Crippen LogP contribution is -2.30. The van der Waals surface area contributed by atoms with Crippen LogP contribution in [0.15, 0.2) is 44.5 Å². The smallest absolute Gasteiger partial charge is 0.252 e. The number of ether oxygens (including phenoxy) is 1. The lowest BCUT2D eigenvalue weighted by molar-refractivity contribution is 0.205. The summed E-state index contributed by atoms with van der Waals surface area (Å²) < 4.78 is 33.2. The van der Waals surface area contributed by atoms with Gasteiger partial charge in [-0.25, -0.2) is 13.4 Å². The van der Waals surface area contributed by atoms with E-state index in [2.05, 4.69) is 20.9 Å². The molecular formula is C13H13BrN2O3S2. The Bertz CT molecular complexity index is 719. The SMILES string of the molecule is O=S(=O)(c1cccs1)N1CCC(Oc2ncccc2Br)C1. The fourth-order valence-corrected chi connectivity index (χ4v) is 5.14. The molecule has 1 aliphatic heterocycles. The molecule has 0 spiro atoms. The van der Waals surface area contributed by atoms with Crippen LogP contribution in [0.4, 0.5) is 0 Å². The molecular weight excluding hydrogens is 376 g/mol. The predicted octanol–water partition coefficient (Wildman–Crippen LogP) is 2.75. The molecule has 0 N–H and O–H groups in total. The number of rotatable bonds is 4. The summed E-state index contributed by atoms with van der Waals surface area (Å²) >= 11 is 4.61. The molecule has 0 amide bonds. The standard InChI is InChI=1S/C13H13BrN2O3S2/c14-11-3-1-6-15-13(11)19-10-5-7-16(9-10)21(17,18)12-4-2-8-20-12/h1-4,6,8,10H,5,7,9H2. The fraction of sp³-hybridized carbons (Fsp3) is 0.308. The highest BCUT2D eigenvalue weighted by molar-refractivity contribution is 9.10. The van der Waals surface area contributed by atoms with Gasteiger partial charge < -0.3 is 4.74 Å². The monoisotopic (exact) mass is 388 g/mol. The fourth-order valence-electron chi connectivity index (χ4n) is 2.17. The van der Waals surface area contributed by atoms with Crippen LogP contribution < -0.4 is 4.74 Å². The minimum Gasteiger partial charge on any atom is -0.472 e. The molecule has 2 aromatic heterocycles. The molecule has 1 aliphatic rings. The quantitative estimate of drug-likeness (QED) is 0.807. The zero-order valence-electron chi connectivity index (χ0n) is 11.0. The first-order valence-corrected chi connectivity index (χ1v) is 9.49. The number of aromatic nitrogens is 1. The molecule has 0 radical (unpaired) electrons. The first kappa shape index (κ1) is 15.0. The first-order chi connectivity index (χ1) is 10.1. The minimum absolute atomic E-state index is 0.175. The van der Waals surface area contributed by atoms with Gasteiger partial charge in [-0.3, -0.25) is 0 Å². The Morgan fingerprint density at radius 3 is 2.95 bits per heavy atom. The summed E-state index contributed by atoms with van der Waals surface area (Å²) in [4.78, 5) is 4.14. The van der Waals surface area contributed by atoms with Crippen LogP contribution in [0.1, 0.15) is 6.42 Å². The van der Waals surface area contributed by atoms with Gasteiger partial charge in [0.2, 0.25) is 5.88 Å². The molecule has 5 nitrogen and oxygen atoms in total. The van der Waals surface area contributed by atoms with Crippen LogP contribution in [-0.4, -0.2) is 36.9 Å². The molecule has 112 valence electrons. The van der Waals surface area contributed by atoms with Crippen LogP contribution in [0.25, 0.3) is 0 Å². The summed E-state index contributed by atoms with van der Waals surface area (Å²) in [6.45, 7) is 0.818.